The Hall–Kier alpha value is -2.29. The van der Waals surface area contributed by atoms with Gasteiger partial charge in [0.2, 0.25) is 0 Å². The summed E-state index contributed by atoms with van der Waals surface area (Å²) in [5.41, 5.74) is 3.30. The summed E-state index contributed by atoms with van der Waals surface area (Å²) in [6.07, 6.45) is 15.0. The van der Waals surface area contributed by atoms with Gasteiger partial charge in [0.1, 0.15) is 11.9 Å². The fourth-order valence-corrected chi connectivity index (χ4v) is 4.00. The number of hydrogen-bond acceptors (Lipinski definition) is 3. The summed E-state index contributed by atoms with van der Waals surface area (Å²) in [5, 5.41) is 0. The van der Waals surface area contributed by atoms with Crippen LogP contribution in [0.25, 0.3) is 11.1 Å². The van der Waals surface area contributed by atoms with Crippen molar-refractivity contribution >= 4 is 5.97 Å². The van der Waals surface area contributed by atoms with Gasteiger partial charge in [0, 0.05) is 6.42 Å². The molecule has 0 saturated heterocycles. The summed E-state index contributed by atoms with van der Waals surface area (Å²) in [6.45, 7) is 6.78. The van der Waals surface area contributed by atoms with E-state index in [4.69, 9.17) is 9.47 Å². The van der Waals surface area contributed by atoms with Gasteiger partial charge in [-0.05, 0) is 42.2 Å². The van der Waals surface area contributed by atoms with Crippen LogP contribution in [0.2, 0.25) is 0 Å². The highest BCUT2D eigenvalue weighted by Gasteiger charge is 2.10. The van der Waals surface area contributed by atoms with Crippen molar-refractivity contribution in [1.29, 1.82) is 0 Å². The molecule has 0 amide bonds. The highest BCUT2D eigenvalue weighted by Crippen LogP contribution is 2.25. The van der Waals surface area contributed by atoms with Crippen LogP contribution >= 0.6 is 0 Å². The van der Waals surface area contributed by atoms with Crippen LogP contribution in [0.3, 0.4) is 0 Å². The second-order valence-electron chi connectivity index (χ2n) is 9.02. The first-order valence-corrected chi connectivity index (χ1v) is 13.2. The van der Waals surface area contributed by atoms with E-state index in [0.717, 1.165) is 35.5 Å². The molecule has 0 bridgehead atoms. The minimum Gasteiger partial charge on any atom is -0.494 e. The molecule has 2 aromatic carbocycles. The monoisotopic (exact) mass is 452 g/mol. The van der Waals surface area contributed by atoms with Crippen LogP contribution in [-0.4, -0.2) is 12.6 Å². The minimum atomic E-state index is -0.224. The lowest BCUT2D eigenvalue weighted by atomic mass is 10.0. The van der Waals surface area contributed by atoms with Crippen LogP contribution in [0.15, 0.2) is 48.5 Å². The highest BCUT2D eigenvalue weighted by molar-refractivity contribution is 5.69. The molecule has 0 aliphatic heterocycles. The lowest BCUT2D eigenvalue weighted by Crippen LogP contribution is -2.07. The standard InChI is InChI=1S/C30H44O3/c1-4-6-7-8-9-10-11-12-13-14-15-24-32-29-22-20-28(21-23-29)27-18-16-26(17-19-27)25(3)33-30(31)5-2/h16-23,25H,4-15,24H2,1-3H3. The van der Waals surface area contributed by atoms with E-state index in [0.29, 0.717) is 6.42 Å². The summed E-state index contributed by atoms with van der Waals surface area (Å²) < 4.78 is 11.3. The normalized spacial score (nSPS) is 11.8. The van der Waals surface area contributed by atoms with Gasteiger partial charge in [0.25, 0.3) is 0 Å². The predicted molar refractivity (Wildman–Crippen MR) is 139 cm³/mol. The van der Waals surface area contributed by atoms with Gasteiger partial charge in [-0.25, -0.2) is 0 Å². The molecule has 3 nitrogen and oxygen atoms in total. The van der Waals surface area contributed by atoms with Crippen LogP contribution in [0, 0.1) is 0 Å². The Morgan fingerprint density at radius 1 is 0.697 bits per heavy atom. The molecule has 0 fully saturated rings. The summed E-state index contributed by atoms with van der Waals surface area (Å²) in [7, 11) is 0. The second kappa shape index (κ2) is 16.3. The lowest BCUT2D eigenvalue weighted by molar-refractivity contribution is -0.148. The van der Waals surface area contributed by atoms with Crippen LogP contribution in [0.4, 0.5) is 0 Å². The molecule has 0 heterocycles. The van der Waals surface area contributed by atoms with Gasteiger partial charge in [-0.1, -0.05) is 114 Å². The molecule has 182 valence electrons. The fourth-order valence-electron chi connectivity index (χ4n) is 4.00. The summed E-state index contributed by atoms with van der Waals surface area (Å²) in [5.74, 6) is 0.762. The zero-order valence-corrected chi connectivity index (χ0v) is 21.1. The van der Waals surface area contributed by atoms with Crippen molar-refractivity contribution in [3.63, 3.8) is 0 Å². The van der Waals surface area contributed by atoms with Gasteiger partial charge in [0.15, 0.2) is 0 Å². The van der Waals surface area contributed by atoms with E-state index in [1.165, 1.54) is 64.2 Å². The smallest absolute Gasteiger partial charge is 0.306 e. The fraction of sp³-hybridized carbons (Fsp3) is 0.567. The van der Waals surface area contributed by atoms with Gasteiger partial charge < -0.3 is 9.47 Å². The molecular weight excluding hydrogens is 408 g/mol. The molecule has 0 spiro atoms. The van der Waals surface area contributed by atoms with E-state index in [2.05, 4.69) is 31.2 Å². The third-order valence-electron chi connectivity index (χ3n) is 6.18. The second-order valence-corrected chi connectivity index (χ2v) is 9.02. The summed E-state index contributed by atoms with van der Waals surface area (Å²) in [6, 6.07) is 16.5. The first-order chi connectivity index (χ1) is 16.1. The Labute approximate surface area is 201 Å². The van der Waals surface area contributed by atoms with E-state index in [-0.39, 0.29) is 12.1 Å². The first-order valence-electron chi connectivity index (χ1n) is 13.2. The van der Waals surface area contributed by atoms with Gasteiger partial charge in [-0.3, -0.25) is 4.79 Å². The molecule has 0 aliphatic carbocycles. The van der Waals surface area contributed by atoms with Crippen LogP contribution < -0.4 is 4.74 Å². The van der Waals surface area contributed by atoms with Crippen molar-refractivity contribution in [1.82, 2.24) is 0 Å². The van der Waals surface area contributed by atoms with E-state index >= 15 is 0 Å². The lowest BCUT2D eigenvalue weighted by Gasteiger charge is -2.13. The largest absolute Gasteiger partial charge is 0.494 e. The Balaban J connectivity index is 1.61. The average molecular weight is 453 g/mol. The van der Waals surface area contributed by atoms with Crippen LogP contribution in [0.5, 0.6) is 5.75 Å². The molecule has 2 aromatic rings. The Bertz CT molecular complexity index is 764. The van der Waals surface area contributed by atoms with Crippen molar-refractivity contribution in [2.75, 3.05) is 6.61 Å². The Morgan fingerprint density at radius 3 is 1.70 bits per heavy atom. The van der Waals surface area contributed by atoms with Crippen LogP contribution in [-0.2, 0) is 9.53 Å². The van der Waals surface area contributed by atoms with Gasteiger partial charge in [-0.2, -0.15) is 0 Å². The van der Waals surface area contributed by atoms with E-state index in [9.17, 15) is 4.79 Å². The topological polar surface area (TPSA) is 35.5 Å². The molecule has 0 saturated carbocycles. The van der Waals surface area contributed by atoms with Gasteiger partial charge >= 0.3 is 5.97 Å². The number of rotatable bonds is 17. The Kier molecular flexibility index (Phi) is 13.4. The van der Waals surface area contributed by atoms with Crippen molar-refractivity contribution in [3.05, 3.63) is 54.1 Å². The zero-order valence-electron chi connectivity index (χ0n) is 21.1. The number of ether oxygens (including phenoxy) is 2. The van der Waals surface area contributed by atoms with Crippen LogP contribution in [0.1, 0.15) is 109 Å². The molecule has 0 aromatic heterocycles. The minimum absolute atomic E-state index is 0.171. The van der Waals surface area contributed by atoms with Crippen molar-refractivity contribution < 1.29 is 14.3 Å². The molecule has 1 unspecified atom stereocenters. The number of esters is 1. The zero-order chi connectivity index (χ0) is 23.7. The van der Waals surface area contributed by atoms with Crippen molar-refractivity contribution in [2.24, 2.45) is 0 Å². The third-order valence-corrected chi connectivity index (χ3v) is 6.18. The number of carbonyl (C=O) groups is 1. The molecule has 33 heavy (non-hydrogen) atoms. The molecule has 0 N–H and O–H groups in total. The molecular formula is C30H44O3. The van der Waals surface area contributed by atoms with E-state index in [1.54, 1.807) is 0 Å². The Morgan fingerprint density at radius 2 is 1.18 bits per heavy atom. The number of benzene rings is 2. The maximum atomic E-state index is 11.5. The number of carbonyl (C=O) groups excluding carboxylic acids is 1. The van der Waals surface area contributed by atoms with Gasteiger partial charge in [-0.15, -0.1) is 0 Å². The molecule has 1 atom stereocenters. The van der Waals surface area contributed by atoms with E-state index in [1.807, 2.05) is 38.1 Å². The molecule has 2 rings (SSSR count). The summed E-state index contributed by atoms with van der Waals surface area (Å²) >= 11 is 0. The highest BCUT2D eigenvalue weighted by atomic mass is 16.5. The molecule has 0 aliphatic rings. The first kappa shape index (κ1) is 27.0. The predicted octanol–water partition coefficient (Wildman–Crippen LogP) is 9.06. The number of unbranched alkanes of at least 4 members (excludes halogenated alkanes) is 10. The maximum absolute atomic E-state index is 11.5. The van der Waals surface area contributed by atoms with Crippen molar-refractivity contribution in [3.8, 4) is 16.9 Å². The number of hydrogen-bond donors (Lipinski definition) is 0. The maximum Gasteiger partial charge on any atom is 0.306 e. The summed E-state index contributed by atoms with van der Waals surface area (Å²) in [4.78, 5) is 11.5. The third kappa shape index (κ3) is 10.9. The van der Waals surface area contributed by atoms with E-state index < -0.39 is 0 Å². The average Bonchev–Trinajstić information content (AvgIpc) is 2.85. The van der Waals surface area contributed by atoms with Crippen molar-refractivity contribution in [2.45, 2.75) is 104 Å². The molecule has 3 heteroatoms. The molecule has 0 radical (unpaired) electrons. The van der Waals surface area contributed by atoms with Gasteiger partial charge in [0.05, 0.1) is 6.61 Å². The quantitative estimate of drug-likeness (QED) is 0.177. The SMILES string of the molecule is CCCCCCCCCCCCCOc1ccc(-c2ccc(C(C)OC(=O)CC)cc2)cc1.